The molecule has 22 heavy (non-hydrogen) atoms. The molecule has 2 aromatic rings. The van der Waals surface area contributed by atoms with Gasteiger partial charge in [0.1, 0.15) is 5.58 Å². The van der Waals surface area contributed by atoms with Crippen LogP contribution in [-0.4, -0.2) is 41.9 Å². The molecule has 0 aliphatic heterocycles. The number of hydrogen-bond donors (Lipinski definition) is 3. The van der Waals surface area contributed by atoms with Crippen molar-refractivity contribution in [2.75, 3.05) is 12.9 Å². The van der Waals surface area contributed by atoms with Crippen molar-refractivity contribution in [3.05, 3.63) is 36.1 Å². The molecule has 0 spiro atoms. The average Bonchev–Trinajstić information content (AvgIpc) is 2.93. The van der Waals surface area contributed by atoms with E-state index in [1.807, 2.05) is 24.3 Å². The quantitative estimate of drug-likeness (QED) is 0.290. The van der Waals surface area contributed by atoms with Gasteiger partial charge in [-0.2, -0.15) is 0 Å². The van der Waals surface area contributed by atoms with Gasteiger partial charge in [-0.3, -0.25) is 9.52 Å². The summed E-state index contributed by atoms with van der Waals surface area (Å²) in [7, 11) is -0.177. The molecule has 2 rings (SSSR count). The molecule has 1 heterocycles. The van der Waals surface area contributed by atoms with Gasteiger partial charge >= 0.3 is 13.1 Å². The van der Waals surface area contributed by atoms with E-state index in [-0.39, 0.29) is 12.4 Å². The van der Waals surface area contributed by atoms with Crippen LogP contribution in [0.25, 0.3) is 11.0 Å². The van der Waals surface area contributed by atoms with Crippen molar-refractivity contribution in [3.63, 3.8) is 0 Å². The zero-order valence-electron chi connectivity index (χ0n) is 12.2. The molecule has 6 nitrogen and oxygen atoms in total. The summed E-state index contributed by atoms with van der Waals surface area (Å²) in [4.78, 5) is 11.0. The lowest BCUT2D eigenvalue weighted by Gasteiger charge is -2.16. The molecule has 0 saturated heterocycles. The molecule has 0 saturated carbocycles. The Morgan fingerprint density at radius 1 is 1.45 bits per heavy atom. The lowest BCUT2D eigenvalue weighted by molar-refractivity contribution is -0.140. The zero-order valence-corrected chi connectivity index (χ0v) is 13.0. The van der Waals surface area contributed by atoms with Crippen LogP contribution in [0.15, 0.2) is 34.9 Å². The van der Waals surface area contributed by atoms with E-state index < -0.39 is 13.1 Å². The van der Waals surface area contributed by atoms with Crippen LogP contribution in [0.2, 0.25) is 0 Å². The summed E-state index contributed by atoms with van der Waals surface area (Å²) in [5.41, 5.74) is 1.66. The van der Waals surface area contributed by atoms with E-state index in [1.165, 1.54) is 19.1 Å². The van der Waals surface area contributed by atoms with E-state index in [0.717, 1.165) is 16.5 Å². The SMILES string of the molecule is COC(=O)CCSNC(Cc1coc2ccccc12)B(O)O. The normalized spacial score (nSPS) is 12.3. The summed E-state index contributed by atoms with van der Waals surface area (Å²) in [5, 5.41) is 19.9. The Hall–Kier alpha value is -1.48. The molecule has 8 heteroatoms. The fourth-order valence-electron chi connectivity index (χ4n) is 2.04. The van der Waals surface area contributed by atoms with E-state index >= 15 is 0 Å². The van der Waals surface area contributed by atoms with E-state index in [4.69, 9.17) is 4.42 Å². The smallest absolute Gasteiger partial charge is 0.469 e. The molecule has 0 radical (unpaired) electrons. The van der Waals surface area contributed by atoms with Gasteiger partial charge in [-0.15, -0.1) is 0 Å². The summed E-state index contributed by atoms with van der Waals surface area (Å²) < 4.78 is 13.0. The van der Waals surface area contributed by atoms with Crippen LogP contribution >= 0.6 is 11.9 Å². The van der Waals surface area contributed by atoms with Gasteiger partial charge in [0.2, 0.25) is 0 Å². The highest BCUT2D eigenvalue weighted by atomic mass is 32.2. The minimum absolute atomic E-state index is 0.261. The third kappa shape index (κ3) is 4.51. The van der Waals surface area contributed by atoms with Crippen molar-refractivity contribution in [1.82, 2.24) is 4.72 Å². The Balaban J connectivity index is 1.93. The highest BCUT2D eigenvalue weighted by molar-refractivity contribution is 7.97. The maximum Gasteiger partial charge on any atom is 0.470 e. The third-order valence-electron chi connectivity index (χ3n) is 3.23. The van der Waals surface area contributed by atoms with Crippen LogP contribution < -0.4 is 4.72 Å². The topological polar surface area (TPSA) is 91.9 Å². The predicted octanol–water partition coefficient (Wildman–Crippen LogP) is 1.16. The number of rotatable bonds is 8. The number of carbonyl (C=O) groups is 1. The summed E-state index contributed by atoms with van der Waals surface area (Å²) in [6, 6.07) is 7.58. The highest BCUT2D eigenvalue weighted by Gasteiger charge is 2.25. The second-order valence-electron chi connectivity index (χ2n) is 4.77. The lowest BCUT2D eigenvalue weighted by atomic mass is 9.77. The van der Waals surface area contributed by atoms with Crippen molar-refractivity contribution >= 4 is 36.0 Å². The molecule has 0 bridgehead atoms. The second kappa shape index (κ2) is 8.23. The minimum Gasteiger partial charge on any atom is -0.469 e. The van der Waals surface area contributed by atoms with Gasteiger partial charge < -0.3 is 19.2 Å². The monoisotopic (exact) mass is 323 g/mol. The Morgan fingerprint density at radius 2 is 2.23 bits per heavy atom. The first-order valence-corrected chi connectivity index (χ1v) is 7.85. The summed E-state index contributed by atoms with van der Waals surface area (Å²) in [5.74, 6) is -0.373. The van der Waals surface area contributed by atoms with Crippen LogP contribution in [0.1, 0.15) is 12.0 Å². The van der Waals surface area contributed by atoms with Crippen molar-refractivity contribution in [2.45, 2.75) is 18.8 Å². The molecule has 3 N–H and O–H groups in total. The molecular formula is C14H18BNO5S. The van der Waals surface area contributed by atoms with Crippen molar-refractivity contribution < 1.29 is 24.0 Å². The first-order chi connectivity index (χ1) is 10.6. The molecular weight excluding hydrogens is 305 g/mol. The molecule has 118 valence electrons. The molecule has 1 aromatic heterocycles. The molecule has 0 amide bonds. The van der Waals surface area contributed by atoms with Crippen LogP contribution in [0.5, 0.6) is 0 Å². The number of furan rings is 1. The molecule has 0 aliphatic rings. The Morgan fingerprint density at radius 3 is 2.95 bits per heavy atom. The molecule has 1 unspecified atom stereocenters. The average molecular weight is 323 g/mol. The van der Waals surface area contributed by atoms with E-state index in [1.54, 1.807) is 6.26 Å². The number of nitrogens with one attached hydrogen (secondary N) is 1. The van der Waals surface area contributed by atoms with Crippen molar-refractivity contribution in [1.29, 1.82) is 0 Å². The standard InChI is InChI=1S/C14H18BNO5S/c1-20-14(17)6-7-22-16-13(15(18)19)8-10-9-21-12-5-3-2-4-11(10)12/h2-5,9,13,16,18-19H,6-8H2,1H3. The predicted molar refractivity (Wildman–Crippen MR) is 86.1 cm³/mol. The number of benzene rings is 1. The Bertz CT molecular complexity index is 618. The van der Waals surface area contributed by atoms with Gasteiger partial charge in [-0.25, -0.2) is 0 Å². The maximum atomic E-state index is 11.0. The minimum atomic E-state index is -1.51. The number of fused-ring (bicyclic) bond motifs is 1. The van der Waals surface area contributed by atoms with Crippen LogP contribution in [0, 0.1) is 0 Å². The first kappa shape index (κ1) is 16.9. The van der Waals surface area contributed by atoms with Crippen molar-refractivity contribution in [3.8, 4) is 0 Å². The van der Waals surface area contributed by atoms with Gasteiger partial charge in [0.15, 0.2) is 0 Å². The van der Waals surface area contributed by atoms with Crippen LogP contribution in [-0.2, 0) is 16.0 Å². The van der Waals surface area contributed by atoms with Gasteiger partial charge in [0.25, 0.3) is 0 Å². The van der Waals surface area contributed by atoms with Crippen LogP contribution in [0.4, 0.5) is 0 Å². The summed E-state index contributed by atoms with van der Waals surface area (Å²) in [6.45, 7) is 0. The number of carbonyl (C=O) groups excluding carboxylic acids is 1. The first-order valence-electron chi connectivity index (χ1n) is 6.87. The molecule has 1 atom stereocenters. The number of methoxy groups -OCH3 is 1. The zero-order chi connectivity index (χ0) is 15.9. The Kier molecular flexibility index (Phi) is 6.32. The van der Waals surface area contributed by atoms with Gasteiger partial charge in [-0.1, -0.05) is 30.1 Å². The van der Waals surface area contributed by atoms with E-state index in [2.05, 4.69) is 9.46 Å². The largest absolute Gasteiger partial charge is 0.470 e. The molecule has 0 fully saturated rings. The number of para-hydroxylation sites is 1. The molecule has 1 aromatic carbocycles. The lowest BCUT2D eigenvalue weighted by Crippen LogP contribution is -2.42. The summed E-state index contributed by atoms with van der Waals surface area (Å²) >= 11 is 1.26. The van der Waals surface area contributed by atoms with Gasteiger partial charge in [0, 0.05) is 11.1 Å². The number of esters is 1. The van der Waals surface area contributed by atoms with Crippen LogP contribution in [0.3, 0.4) is 0 Å². The second-order valence-corrected chi connectivity index (χ2v) is 5.71. The Labute approximate surface area is 133 Å². The molecule has 0 aliphatic carbocycles. The number of ether oxygens (including phenoxy) is 1. The van der Waals surface area contributed by atoms with E-state index in [0.29, 0.717) is 12.2 Å². The van der Waals surface area contributed by atoms with Gasteiger partial charge in [0.05, 0.1) is 25.7 Å². The fourth-order valence-corrected chi connectivity index (χ4v) is 2.84. The van der Waals surface area contributed by atoms with Gasteiger partial charge in [-0.05, 0) is 18.1 Å². The highest BCUT2D eigenvalue weighted by Crippen LogP contribution is 2.22. The van der Waals surface area contributed by atoms with E-state index in [9.17, 15) is 14.8 Å². The maximum absolute atomic E-state index is 11.0. The van der Waals surface area contributed by atoms with Crippen molar-refractivity contribution in [2.24, 2.45) is 0 Å². The third-order valence-corrected chi connectivity index (χ3v) is 4.11. The fraction of sp³-hybridized carbons (Fsp3) is 0.357. The summed E-state index contributed by atoms with van der Waals surface area (Å²) in [6.07, 6.45) is 2.29. The number of hydrogen-bond acceptors (Lipinski definition) is 7.